The molecule has 0 fully saturated rings. The van der Waals surface area contributed by atoms with E-state index in [9.17, 15) is 51.9 Å². The molecule has 398 valence electrons. The van der Waals surface area contributed by atoms with Gasteiger partial charge in [-0.15, -0.1) is 0 Å². The minimum atomic E-state index is -4.50. The van der Waals surface area contributed by atoms with Gasteiger partial charge in [-0.3, -0.25) is 18.2 Å². The van der Waals surface area contributed by atoms with Gasteiger partial charge in [0.2, 0.25) is 5.69 Å². The van der Waals surface area contributed by atoms with Crippen molar-refractivity contribution in [2.75, 3.05) is 22.9 Å². The zero-order valence-electron chi connectivity index (χ0n) is 45.8. The Morgan fingerprint density at radius 1 is 0.595 bits per heavy atom. The van der Waals surface area contributed by atoms with E-state index in [-0.39, 0.29) is 124 Å². The van der Waals surface area contributed by atoms with Crippen LogP contribution in [0.5, 0.6) is 0 Å². The predicted molar refractivity (Wildman–Crippen MR) is 299 cm³/mol. The van der Waals surface area contributed by atoms with E-state index in [0.717, 1.165) is 72.9 Å². The normalized spacial score (nSPS) is 17.9. The van der Waals surface area contributed by atoms with E-state index < -0.39 is 61.8 Å². The first-order chi connectivity index (χ1) is 35.6. The molecule has 2 atom stereocenters. The Morgan fingerprint density at radius 2 is 1.10 bits per heavy atom. The standard InChI is InChI=1S/C57H59N3O12S4.3Na/c1-37(73(61,62)63)31-33-58-49-27-19-41-35-45(75(67,68)69)23-25-47(41)53(49)56(3,4)51(58)29-21-39-17-18-40(55(39)60(43-13-9-7-10-14-43)44-15-11-8-12-16-44)22-30-52-57(5,6)54-48-26-24-46(76(70,71)72)36-42(48)20-28-50(54)59(52)34-32-38(2)74(64,65)66;;;/h7-16,19-30,35-38H,17-18,31-34H2,1-6H3,(H3-,61,62,63,64,65,66,67,68,69,70,71,72);;;/q;3*+1/p+1. The largest absolute Gasteiger partial charge is 1.00 e. The fourth-order valence-corrected chi connectivity index (χ4v) is 12.9. The summed E-state index contributed by atoms with van der Waals surface area (Å²) in [6, 6.07) is 36.1. The summed E-state index contributed by atoms with van der Waals surface area (Å²) in [7, 11) is -17.7. The Balaban J connectivity index is 0.00000336. The van der Waals surface area contributed by atoms with Crippen LogP contribution >= 0.6 is 0 Å². The molecule has 0 bridgehead atoms. The minimum absolute atomic E-state index is 0. The number of anilines is 3. The number of allylic oxidation sites excluding steroid dienone is 7. The smallest absolute Gasteiger partial charge is 0.344 e. The van der Waals surface area contributed by atoms with Crippen molar-refractivity contribution < 1.29 is 145 Å². The molecule has 3 aliphatic rings. The third kappa shape index (κ3) is 13.1. The van der Waals surface area contributed by atoms with Crippen LogP contribution in [0.4, 0.5) is 22.7 Å². The fraction of sp³-hybridized carbons (Fsp3) is 0.281. The number of rotatable bonds is 16. The number of para-hydroxylation sites is 2. The summed E-state index contributed by atoms with van der Waals surface area (Å²) in [4.78, 5) is 3.77. The molecule has 0 aromatic heterocycles. The molecule has 6 aromatic carbocycles. The van der Waals surface area contributed by atoms with Crippen LogP contribution in [0.15, 0.2) is 178 Å². The molecular formula is C57H60N3Na3O12S4+4. The third-order valence-corrected chi connectivity index (χ3v) is 19.4. The first-order valence-corrected chi connectivity index (χ1v) is 30.6. The van der Waals surface area contributed by atoms with E-state index in [2.05, 4.69) is 66.4 Å². The molecule has 6 aromatic rings. The van der Waals surface area contributed by atoms with Crippen LogP contribution in [0, 0.1) is 0 Å². The summed E-state index contributed by atoms with van der Waals surface area (Å²) in [5, 5.41) is 0.524. The van der Waals surface area contributed by atoms with Crippen molar-refractivity contribution in [2.24, 2.45) is 0 Å². The van der Waals surface area contributed by atoms with E-state index in [1.807, 2.05) is 72.8 Å². The Labute approximate surface area is 530 Å². The van der Waals surface area contributed by atoms with Crippen molar-refractivity contribution >= 4 is 90.5 Å². The number of hydrogen-bond donors (Lipinski definition) is 4. The van der Waals surface area contributed by atoms with Crippen LogP contribution in [0.25, 0.3) is 21.5 Å². The second-order valence-electron chi connectivity index (χ2n) is 20.8. The van der Waals surface area contributed by atoms with E-state index in [1.54, 1.807) is 24.3 Å². The molecule has 9 rings (SSSR count). The van der Waals surface area contributed by atoms with Crippen molar-refractivity contribution in [3.63, 3.8) is 0 Å². The number of fused-ring (bicyclic) bond motifs is 6. The maximum atomic E-state index is 12.3. The predicted octanol–water partition coefficient (Wildman–Crippen LogP) is 2.26. The molecule has 15 nitrogen and oxygen atoms in total. The van der Waals surface area contributed by atoms with Gasteiger partial charge in [0, 0.05) is 58.8 Å². The van der Waals surface area contributed by atoms with Crippen molar-refractivity contribution in [3.05, 3.63) is 179 Å². The first kappa shape index (κ1) is 64.9. The van der Waals surface area contributed by atoms with E-state index >= 15 is 0 Å². The van der Waals surface area contributed by atoms with E-state index in [1.165, 1.54) is 38.1 Å². The topological polar surface area (TPSA) is 227 Å². The van der Waals surface area contributed by atoms with Crippen LogP contribution in [-0.4, -0.2) is 85.8 Å². The molecule has 0 saturated heterocycles. The Kier molecular flexibility index (Phi) is 20.1. The van der Waals surface area contributed by atoms with Gasteiger partial charge in [-0.2, -0.15) is 38.2 Å². The molecular weight excluding hydrogens is 1120 g/mol. The summed E-state index contributed by atoms with van der Waals surface area (Å²) in [6.45, 7) is 11.5. The van der Waals surface area contributed by atoms with Crippen molar-refractivity contribution in [1.82, 2.24) is 0 Å². The van der Waals surface area contributed by atoms with Gasteiger partial charge >= 0.3 is 88.7 Å². The minimum Gasteiger partial charge on any atom is -0.344 e. The monoisotopic (exact) mass is 1180 g/mol. The average molecular weight is 1180 g/mol. The third-order valence-electron chi connectivity index (χ3n) is 15.2. The number of nitrogens with zero attached hydrogens (tertiary/aromatic N) is 3. The maximum Gasteiger partial charge on any atom is 1.00 e. The van der Waals surface area contributed by atoms with Gasteiger partial charge in [0.15, 0.2) is 12.3 Å². The fourth-order valence-electron chi connectivity index (χ4n) is 11.1. The van der Waals surface area contributed by atoms with E-state index in [4.69, 9.17) is 0 Å². The van der Waals surface area contributed by atoms with Gasteiger partial charge in [0.05, 0.1) is 31.4 Å². The van der Waals surface area contributed by atoms with Crippen LogP contribution in [0.2, 0.25) is 0 Å². The van der Waals surface area contributed by atoms with Crippen LogP contribution in [0.3, 0.4) is 0 Å². The average Bonchev–Trinajstić information content (AvgIpc) is 3.99. The van der Waals surface area contributed by atoms with Gasteiger partial charge in [0.25, 0.3) is 40.5 Å². The summed E-state index contributed by atoms with van der Waals surface area (Å²) in [6.07, 6.45) is 9.65. The molecule has 2 aliphatic heterocycles. The quantitative estimate of drug-likeness (QED) is 0.0620. The van der Waals surface area contributed by atoms with E-state index in [0.29, 0.717) is 23.6 Å². The molecule has 2 unspecified atom stereocenters. The molecule has 79 heavy (non-hydrogen) atoms. The SMILES string of the molecule is CC(CCN1/C(=C\C=C2/CCC(/C=C/C3=[N+](CCC(C)S(=O)(=O)O)c4ccc5cc(S(=O)(=O)O)ccc5c4C3(C)C)=C2N(c2ccccc2)c2ccccc2)C(C)(C)c2c1ccc1cc(S(=O)(=O)O)ccc21)S(=O)(=O)O.[Na+].[Na+].[Na+]. The van der Waals surface area contributed by atoms with Crippen molar-refractivity contribution in [3.8, 4) is 0 Å². The summed E-state index contributed by atoms with van der Waals surface area (Å²) in [5.41, 5.74) is 8.08. The van der Waals surface area contributed by atoms with Gasteiger partial charge in [-0.1, -0.05) is 80.6 Å². The Morgan fingerprint density at radius 3 is 1.62 bits per heavy atom. The van der Waals surface area contributed by atoms with Gasteiger partial charge in [-0.05, 0) is 152 Å². The molecule has 4 N–H and O–H groups in total. The van der Waals surface area contributed by atoms with Crippen LogP contribution in [0.1, 0.15) is 78.4 Å². The molecule has 0 spiro atoms. The maximum absolute atomic E-state index is 12.3. The van der Waals surface area contributed by atoms with Crippen molar-refractivity contribution in [2.45, 2.75) is 98.3 Å². The zero-order valence-corrected chi connectivity index (χ0v) is 55.0. The molecule has 2 heterocycles. The number of benzene rings is 6. The first-order valence-electron chi connectivity index (χ1n) is 24.8. The summed E-state index contributed by atoms with van der Waals surface area (Å²) < 4.78 is 140. The molecule has 1 aliphatic carbocycles. The zero-order chi connectivity index (χ0) is 54.9. The summed E-state index contributed by atoms with van der Waals surface area (Å²) >= 11 is 0. The Bertz CT molecular complexity index is 3960. The van der Waals surface area contributed by atoms with Gasteiger partial charge in [-0.25, -0.2) is 0 Å². The molecule has 0 amide bonds. The molecule has 0 saturated carbocycles. The second-order valence-corrected chi connectivity index (χ2v) is 27.3. The van der Waals surface area contributed by atoms with Gasteiger partial charge < -0.3 is 9.80 Å². The summed E-state index contributed by atoms with van der Waals surface area (Å²) in [5.74, 6) is 0. The number of hydrogen-bond acceptors (Lipinski definition) is 10. The van der Waals surface area contributed by atoms with Crippen LogP contribution in [-0.2, 0) is 51.3 Å². The van der Waals surface area contributed by atoms with Gasteiger partial charge in [0.1, 0.15) is 0 Å². The Hall–Kier alpha value is -3.29. The second kappa shape index (κ2) is 24.5. The van der Waals surface area contributed by atoms with Crippen LogP contribution < -0.4 is 98.5 Å². The van der Waals surface area contributed by atoms with Crippen molar-refractivity contribution in [1.29, 1.82) is 0 Å². The molecule has 22 heteroatoms. The molecule has 0 radical (unpaired) electrons.